The summed E-state index contributed by atoms with van der Waals surface area (Å²) in [7, 11) is 0. The van der Waals surface area contributed by atoms with Gasteiger partial charge in [0.1, 0.15) is 5.71 Å². The summed E-state index contributed by atoms with van der Waals surface area (Å²) in [5, 5.41) is 17.2. The number of hydrogen-bond acceptors (Lipinski definition) is 5. The lowest BCUT2D eigenvalue weighted by molar-refractivity contribution is -0.385. The van der Waals surface area contributed by atoms with Crippen molar-refractivity contribution in [2.24, 2.45) is 5.10 Å². The molecule has 0 aliphatic carbocycles. The van der Waals surface area contributed by atoms with E-state index in [2.05, 4.69) is 15.8 Å². The van der Waals surface area contributed by atoms with E-state index in [-0.39, 0.29) is 30.1 Å². The Morgan fingerprint density at radius 2 is 2.05 bits per heavy atom. The van der Waals surface area contributed by atoms with Gasteiger partial charge in [0.2, 0.25) is 5.91 Å². The molecule has 1 aliphatic rings. The summed E-state index contributed by atoms with van der Waals surface area (Å²) in [6.45, 7) is 3.38. The zero-order valence-corrected chi connectivity index (χ0v) is 11.6. The number of amides is 2. The smallest absolute Gasteiger partial charge is 0.274 e. The third-order valence-electron chi connectivity index (χ3n) is 3.15. The highest BCUT2D eigenvalue weighted by Crippen LogP contribution is 2.26. The number of hydrazone groups is 1. The number of carbonyl (C=O) groups is 2. The summed E-state index contributed by atoms with van der Waals surface area (Å²) < 4.78 is 0. The molecule has 0 aromatic heterocycles. The van der Waals surface area contributed by atoms with Crippen molar-refractivity contribution in [3.8, 4) is 0 Å². The van der Waals surface area contributed by atoms with Crippen molar-refractivity contribution in [2.45, 2.75) is 26.7 Å². The summed E-state index contributed by atoms with van der Waals surface area (Å²) in [5.41, 5.74) is 3.96. The molecule has 0 unspecified atom stereocenters. The Balaban J connectivity index is 2.23. The van der Waals surface area contributed by atoms with Gasteiger partial charge in [0.25, 0.3) is 11.6 Å². The minimum atomic E-state index is -0.497. The molecule has 2 rings (SSSR count). The topological polar surface area (TPSA) is 114 Å². The summed E-state index contributed by atoms with van der Waals surface area (Å²) in [5.74, 6) is -0.718. The second-order valence-electron chi connectivity index (χ2n) is 4.76. The molecule has 1 aromatic carbocycles. The van der Waals surface area contributed by atoms with E-state index in [9.17, 15) is 19.7 Å². The van der Waals surface area contributed by atoms with Gasteiger partial charge in [-0.15, -0.1) is 0 Å². The van der Waals surface area contributed by atoms with Gasteiger partial charge < -0.3 is 5.32 Å². The van der Waals surface area contributed by atoms with Crippen molar-refractivity contribution < 1.29 is 14.5 Å². The lowest BCUT2D eigenvalue weighted by atomic mass is 10.1. The lowest BCUT2D eigenvalue weighted by Gasteiger charge is -2.13. The number of benzene rings is 1. The molecule has 21 heavy (non-hydrogen) atoms. The van der Waals surface area contributed by atoms with Crippen molar-refractivity contribution >= 4 is 28.9 Å². The second kappa shape index (κ2) is 5.70. The Kier molecular flexibility index (Phi) is 3.97. The highest BCUT2D eigenvalue weighted by atomic mass is 16.6. The number of hydrogen-bond donors (Lipinski definition) is 2. The summed E-state index contributed by atoms with van der Waals surface area (Å²) >= 11 is 0. The SMILES string of the molecule is Cc1cc(C)c([N+](=O)[O-])cc1NC(=O)C1=NNC(=O)CC1. The predicted molar refractivity (Wildman–Crippen MR) is 76.0 cm³/mol. The quantitative estimate of drug-likeness (QED) is 0.647. The van der Waals surface area contributed by atoms with Gasteiger partial charge in [0.05, 0.1) is 10.6 Å². The van der Waals surface area contributed by atoms with E-state index in [1.54, 1.807) is 19.9 Å². The first kappa shape index (κ1) is 14.6. The first-order valence-electron chi connectivity index (χ1n) is 6.31. The van der Waals surface area contributed by atoms with Crippen molar-refractivity contribution in [1.82, 2.24) is 5.43 Å². The fourth-order valence-electron chi connectivity index (χ4n) is 2.00. The number of aryl methyl sites for hydroxylation is 2. The first-order chi connectivity index (χ1) is 9.88. The van der Waals surface area contributed by atoms with Crippen molar-refractivity contribution in [3.63, 3.8) is 0 Å². The van der Waals surface area contributed by atoms with Crippen LogP contribution in [-0.2, 0) is 9.59 Å². The second-order valence-corrected chi connectivity index (χ2v) is 4.76. The van der Waals surface area contributed by atoms with Gasteiger partial charge in [-0.25, -0.2) is 5.43 Å². The van der Waals surface area contributed by atoms with Gasteiger partial charge in [-0.2, -0.15) is 5.10 Å². The molecule has 0 bridgehead atoms. The van der Waals surface area contributed by atoms with Crippen LogP contribution in [0.3, 0.4) is 0 Å². The average molecular weight is 290 g/mol. The van der Waals surface area contributed by atoms with Crippen LogP contribution in [0.1, 0.15) is 24.0 Å². The molecule has 0 saturated heterocycles. The van der Waals surface area contributed by atoms with E-state index in [1.165, 1.54) is 6.07 Å². The maximum absolute atomic E-state index is 12.0. The largest absolute Gasteiger partial charge is 0.320 e. The molecule has 8 nitrogen and oxygen atoms in total. The van der Waals surface area contributed by atoms with Crippen LogP contribution in [0.4, 0.5) is 11.4 Å². The molecular weight excluding hydrogens is 276 g/mol. The van der Waals surface area contributed by atoms with E-state index in [0.29, 0.717) is 16.8 Å². The zero-order valence-electron chi connectivity index (χ0n) is 11.6. The van der Waals surface area contributed by atoms with Crippen molar-refractivity contribution in [3.05, 3.63) is 33.4 Å². The van der Waals surface area contributed by atoms with Gasteiger partial charge in [-0.3, -0.25) is 19.7 Å². The highest BCUT2D eigenvalue weighted by Gasteiger charge is 2.20. The van der Waals surface area contributed by atoms with Gasteiger partial charge >= 0.3 is 0 Å². The van der Waals surface area contributed by atoms with E-state index < -0.39 is 10.8 Å². The monoisotopic (exact) mass is 290 g/mol. The van der Waals surface area contributed by atoms with Crippen LogP contribution in [0.2, 0.25) is 0 Å². The minimum absolute atomic E-state index is 0.0604. The van der Waals surface area contributed by atoms with Crippen LogP contribution in [-0.4, -0.2) is 22.4 Å². The van der Waals surface area contributed by atoms with E-state index in [1.807, 2.05) is 0 Å². The fraction of sp³-hybridized carbons (Fsp3) is 0.308. The zero-order chi connectivity index (χ0) is 15.6. The predicted octanol–water partition coefficient (Wildman–Crippen LogP) is 1.42. The number of nitro benzene ring substituents is 1. The molecule has 1 heterocycles. The lowest BCUT2D eigenvalue weighted by Crippen LogP contribution is -2.32. The van der Waals surface area contributed by atoms with Crippen molar-refractivity contribution in [1.29, 1.82) is 0 Å². The summed E-state index contributed by atoms with van der Waals surface area (Å²) in [6.07, 6.45) is 0.434. The number of nitro groups is 1. The van der Waals surface area contributed by atoms with Crippen LogP contribution >= 0.6 is 0 Å². The van der Waals surface area contributed by atoms with E-state index >= 15 is 0 Å². The molecule has 0 saturated carbocycles. The summed E-state index contributed by atoms with van der Waals surface area (Å²) in [4.78, 5) is 33.4. The fourth-order valence-corrected chi connectivity index (χ4v) is 2.00. The van der Waals surface area contributed by atoms with Crippen LogP contribution in [0.15, 0.2) is 17.2 Å². The molecule has 0 spiro atoms. The Bertz CT molecular complexity index is 666. The molecule has 110 valence electrons. The standard InChI is InChI=1S/C13H14N4O4/c1-7-5-8(2)11(17(20)21)6-10(7)14-13(19)9-3-4-12(18)16-15-9/h5-6H,3-4H2,1-2H3,(H,14,19)(H,16,18). The van der Waals surface area contributed by atoms with Gasteiger partial charge in [0, 0.05) is 24.5 Å². The third kappa shape index (κ3) is 3.22. The third-order valence-corrected chi connectivity index (χ3v) is 3.15. The first-order valence-corrected chi connectivity index (χ1v) is 6.31. The van der Waals surface area contributed by atoms with Gasteiger partial charge in [-0.1, -0.05) is 0 Å². The Hall–Kier alpha value is -2.77. The molecular formula is C13H14N4O4. The van der Waals surface area contributed by atoms with E-state index in [4.69, 9.17) is 0 Å². The molecule has 8 heteroatoms. The molecule has 0 fully saturated rings. The number of nitrogens with zero attached hydrogens (tertiary/aromatic N) is 2. The van der Waals surface area contributed by atoms with Crippen molar-refractivity contribution in [2.75, 3.05) is 5.32 Å². The maximum atomic E-state index is 12.0. The Morgan fingerprint density at radius 3 is 2.62 bits per heavy atom. The van der Waals surface area contributed by atoms with Gasteiger partial charge in [-0.05, 0) is 25.5 Å². The Labute approximate surface area is 120 Å². The Morgan fingerprint density at radius 1 is 1.33 bits per heavy atom. The average Bonchev–Trinajstić information content (AvgIpc) is 2.42. The number of carbonyl (C=O) groups excluding carboxylic acids is 2. The van der Waals surface area contributed by atoms with Crippen LogP contribution in [0, 0.1) is 24.0 Å². The molecule has 0 atom stereocenters. The normalized spacial score (nSPS) is 14.2. The minimum Gasteiger partial charge on any atom is -0.320 e. The molecule has 2 amide bonds. The number of rotatable bonds is 3. The molecule has 1 aliphatic heterocycles. The van der Waals surface area contributed by atoms with E-state index in [0.717, 1.165) is 0 Å². The molecule has 0 radical (unpaired) electrons. The van der Waals surface area contributed by atoms with Crippen LogP contribution in [0.25, 0.3) is 0 Å². The highest BCUT2D eigenvalue weighted by molar-refractivity contribution is 6.43. The number of anilines is 1. The number of nitrogens with one attached hydrogen (secondary N) is 2. The summed E-state index contributed by atoms with van der Waals surface area (Å²) in [6, 6.07) is 2.96. The van der Waals surface area contributed by atoms with Gasteiger partial charge in [0.15, 0.2) is 0 Å². The van der Waals surface area contributed by atoms with Crippen LogP contribution < -0.4 is 10.7 Å². The molecule has 1 aromatic rings. The molecule has 2 N–H and O–H groups in total. The maximum Gasteiger partial charge on any atom is 0.274 e. The van der Waals surface area contributed by atoms with Crippen LogP contribution in [0.5, 0.6) is 0 Å².